The molecule has 0 aliphatic heterocycles. The van der Waals surface area contributed by atoms with Crippen LogP contribution in [0.25, 0.3) is 0 Å². The number of halogens is 1. The van der Waals surface area contributed by atoms with Gasteiger partial charge in [0.15, 0.2) is 0 Å². The Labute approximate surface area is 123 Å². The first kappa shape index (κ1) is 13.6. The number of nitrogens with zero attached hydrogens (tertiary/aromatic N) is 1. The average molecular weight is 290 g/mol. The third-order valence-corrected chi connectivity index (χ3v) is 4.53. The number of hydrogen-bond donors (Lipinski definition) is 1. The van der Waals surface area contributed by atoms with Crippen molar-refractivity contribution in [2.75, 3.05) is 11.4 Å². The van der Waals surface area contributed by atoms with Gasteiger partial charge in [-0.15, -0.1) is 11.3 Å². The number of rotatable bonds is 6. The minimum atomic E-state index is -0.126. The Kier molecular flexibility index (Phi) is 4.03. The van der Waals surface area contributed by atoms with Crippen molar-refractivity contribution >= 4 is 17.0 Å². The molecule has 20 heavy (non-hydrogen) atoms. The van der Waals surface area contributed by atoms with Crippen LogP contribution < -0.4 is 10.6 Å². The SMILES string of the molecule is NCCc1cccc(F)c1N(Cc1cccs1)C1CC1. The quantitative estimate of drug-likeness (QED) is 0.881. The summed E-state index contributed by atoms with van der Waals surface area (Å²) < 4.78 is 14.4. The van der Waals surface area contributed by atoms with Crippen LogP contribution >= 0.6 is 11.3 Å². The highest BCUT2D eigenvalue weighted by Crippen LogP contribution is 2.37. The minimum absolute atomic E-state index is 0.126. The van der Waals surface area contributed by atoms with E-state index in [9.17, 15) is 4.39 Å². The van der Waals surface area contributed by atoms with Gasteiger partial charge in [-0.2, -0.15) is 0 Å². The molecular formula is C16H19FN2S. The number of nitrogens with two attached hydrogens (primary N) is 1. The van der Waals surface area contributed by atoms with Gasteiger partial charge in [-0.1, -0.05) is 18.2 Å². The highest BCUT2D eigenvalue weighted by atomic mass is 32.1. The van der Waals surface area contributed by atoms with Crippen LogP contribution in [0, 0.1) is 5.82 Å². The second-order valence-corrected chi connectivity index (χ2v) is 6.26. The van der Waals surface area contributed by atoms with Gasteiger partial charge in [0, 0.05) is 10.9 Å². The molecule has 1 fully saturated rings. The summed E-state index contributed by atoms with van der Waals surface area (Å²) in [5.74, 6) is -0.126. The van der Waals surface area contributed by atoms with Gasteiger partial charge < -0.3 is 10.6 Å². The van der Waals surface area contributed by atoms with E-state index in [-0.39, 0.29) is 5.82 Å². The van der Waals surface area contributed by atoms with Gasteiger partial charge in [0.2, 0.25) is 0 Å². The Morgan fingerprint density at radius 3 is 2.75 bits per heavy atom. The Morgan fingerprint density at radius 2 is 2.10 bits per heavy atom. The van der Waals surface area contributed by atoms with Crippen molar-refractivity contribution in [3.63, 3.8) is 0 Å². The zero-order valence-electron chi connectivity index (χ0n) is 11.4. The lowest BCUT2D eigenvalue weighted by molar-refractivity contribution is 0.612. The zero-order valence-corrected chi connectivity index (χ0v) is 12.2. The second-order valence-electron chi connectivity index (χ2n) is 5.22. The summed E-state index contributed by atoms with van der Waals surface area (Å²) in [5, 5.41) is 2.07. The molecule has 1 heterocycles. The first-order valence-electron chi connectivity index (χ1n) is 7.06. The molecule has 0 amide bonds. The van der Waals surface area contributed by atoms with E-state index in [1.807, 2.05) is 12.1 Å². The average Bonchev–Trinajstić information content (AvgIpc) is 3.15. The number of hydrogen-bond acceptors (Lipinski definition) is 3. The predicted octanol–water partition coefficient (Wildman–Crippen LogP) is 3.56. The maximum Gasteiger partial charge on any atom is 0.146 e. The first-order chi connectivity index (χ1) is 9.79. The molecule has 2 nitrogen and oxygen atoms in total. The summed E-state index contributed by atoms with van der Waals surface area (Å²) in [6.07, 6.45) is 3.03. The molecule has 1 aromatic carbocycles. The van der Waals surface area contributed by atoms with Crippen molar-refractivity contribution in [1.82, 2.24) is 0 Å². The van der Waals surface area contributed by atoms with E-state index in [1.54, 1.807) is 23.5 Å². The number of anilines is 1. The second kappa shape index (κ2) is 5.94. The highest BCUT2D eigenvalue weighted by molar-refractivity contribution is 7.09. The van der Waals surface area contributed by atoms with Crippen LogP contribution in [0.15, 0.2) is 35.7 Å². The maximum absolute atomic E-state index is 14.4. The van der Waals surface area contributed by atoms with Gasteiger partial charge >= 0.3 is 0 Å². The van der Waals surface area contributed by atoms with E-state index in [1.165, 1.54) is 4.88 Å². The third kappa shape index (κ3) is 2.86. The van der Waals surface area contributed by atoms with Crippen molar-refractivity contribution < 1.29 is 4.39 Å². The van der Waals surface area contributed by atoms with Gasteiger partial charge in [0.05, 0.1) is 12.2 Å². The summed E-state index contributed by atoms with van der Waals surface area (Å²) in [5.41, 5.74) is 7.45. The molecular weight excluding hydrogens is 271 g/mol. The fourth-order valence-corrected chi connectivity index (χ4v) is 3.29. The van der Waals surface area contributed by atoms with E-state index >= 15 is 0 Å². The van der Waals surface area contributed by atoms with Crippen molar-refractivity contribution in [1.29, 1.82) is 0 Å². The molecule has 0 radical (unpaired) electrons. The van der Waals surface area contributed by atoms with Gasteiger partial charge in [-0.05, 0) is 48.9 Å². The lowest BCUT2D eigenvalue weighted by Crippen LogP contribution is -2.27. The molecule has 1 aliphatic carbocycles. The molecule has 0 unspecified atom stereocenters. The standard InChI is InChI=1S/C16H19FN2S/c17-15-5-1-3-12(8-9-18)16(15)19(13-6-7-13)11-14-4-2-10-20-14/h1-5,10,13H,6-9,11,18H2. The molecule has 1 aliphatic rings. The fraction of sp³-hybridized carbons (Fsp3) is 0.375. The molecule has 106 valence electrons. The first-order valence-corrected chi connectivity index (χ1v) is 7.94. The molecule has 2 N–H and O–H groups in total. The van der Waals surface area contributed by atoms with Crippen LogP contribution in [-0.4, -0.2) is 12.6 Å². The smallest absolute Gasteiger partial charge is 0.146 e. The monoisotopic (exact) mass is 290 g/mol. The Morgan fingerprint density at radius 1 is 1.25 bits per heavy atom. The lowest BCUT2D eigenvalue weighted by atomic mass is 10.1. The molecule has 0 bridgehead atoms. The van der Waals surface area contributed by atoms with Crippen molar-refractivity contribution in [3.8, 4) is 0 Å². The molecule has 0 saturated heterocycles. The number of thiophene rings is 1. The summed E-state index contributed by atoms with van der Waals surface area (Å²) in [6.45, 7) is 1.34. The topological polar surface area (TPSA) is 29.3 Å². The van der Waals surface area contributed by atoms with Gasteiger partial charge in [0.1, 0.15) is 5.82 Å². The van der Waals surface area contributed by atoms with Crippen LogP contribution in [0.2, 0.25) is 0 Å². The summed E-state index contributed by atoms with van der Waals surface area (Å²) in [4.78, 5) is 3.51. The van der Waals surface area contributed by atoms with Gasteiger partial charge in [0.25, 0.3) is 0 Å². The van der Waals surface area contributed by atoms with Crippen LogP contribution in [-0.2, 0) is 13.0 Å². The minimum Gasteiger partial charge on any atom is -0.361 e. The Bertz CT molecular complexity index is 564. The summed E-state index contributed by atoms with van der Waals surface area (Å²) in [7, 11) is 0. The van der Waals surface area contributed by atoms with Crippen LogP contribution in [0.4, 0.5) is 10.1 Å². The third-order valence-electron chi connectivity index (χ3n) is 3.67. The normalized spacial score (nSPS) is 14.5. The molecule has 2 aromatic rings. The molecule has 1 aromatic heterocycles. The maximum atomic E-state index is 14.4. The Balaban J connectivity index is 1.94. The van der Waals surface area contributed by atoms with Crippen molar-refractivity contribution in [2.24, 2.45) is 5.73 Å². The van der Waals surface area contributed by atoms with Gasteiger partial charge in [-0.25, -0.2) is 4.39 Å². The van der Waals surface area contributed by atoms with E-state index in [4.69, 9.17) is 5.73 Å². The largest absolute Gasteiger partial charge is 0.361 e. The zero-order chi connectivity index (χ0) is 13.9. The number of benzene rings is 1. The van der Waals surface area contributed by atoms with E-state index in [2.05, 4.69) is 16.3 Å². The van der Waals surface area contributed by atoms with E-state index in [0.717, 1.165) is 37.1 Å². The number of para-hydroxylation sites is 1. The van der Waals surface area contributed by atoms with Crippen LogP contribution in [0.5, 0.6) is 0 Å². The Hall–Kier alpha value is -1.39. The van der Waals surface area contributed by atoms with Crippen molar-refractivity contribution in [3.05, 3.63) is 52.0 Å². The summed E-state index contributed by atoms with van der Waals surface area (Å²) >= 11 is 1.73. The molecule has 1 saturated carbocycles. The van der Waals surface area contributed by atoms with E-state index < -0.39 is 0 Å². The fourth-order valence-electron chi connectivity index (χ4n) is 2.59. The van der Waals surface area contributed by atoms with Crippen molar-refractivity contribution in [2.45, 2.75) is 31.8 Å². The molecule has 0 atom stereocenters. The lowest BCUT2D eigenvalue weighted by Gasteiger charge is -2.27. The van der Waals surface area contributed by atoms with Crippen LogP contribution in [0.1, 0.15) is 23.3 Å². The molecule has 4 heteroatoms. The molecule has 3 rings (SSSR count). The van der Waals surface area contributed by atoms with Gasteiger partial charge in [-0.3, -0.25) is 0 Å². The predicted molar refractivity (Wildman–Crippen MR) is 82.7 cm³/mol. The highest BCUT2D eigenvalue weighted by Gasteiger charge is 2.32. The summed E-state index contributed by atoms with van der Waals surface area (Å²) in [6, 6.07) is 9.97. The molecule has 0 spiro atoms. The van der Waals surface area contributed by atoms with Crippen LogP contribution in [0.3, 0.4) is 0 Å². The van der Waals surface area contributed by atoms with E-state index in [0.29, 0.717) is 12.6 Å².